The Balaban J connectivity index is 1.62. The molecule has 1 aliphatic heterocycles. The summed E-state index contributed by atoms with van der Waals surface area (Å²) in [6.07, 6.45) is 3.20. The zero-order valence-corrected chi connectivity index (χ0v) is 23.5. The maximum Gasteiger partial charge on any atom is 0.301 e. The van der Waals surface area contributed by atoms with Crippen molar-refractivity contribution in [3.8, 4) is 5.75 Å². The lowest BCUT2D eigenvalue weighted by Gasteiger charge is -2.23. The Hall–Kier alpha value is -3.97. The molecule has 1 N–H and O–H groups in total. The fourth-order valence-electron chi connectivity index (χ4n) is 4.96. The van der Waals surface area contributed by atoms with Gasteiger partial charge >= 0.3 is 5.91 Å². The van der Waals surface area contributed by atoms with E-state index in [1.807, 2.05) is 69.3 Å². The van der Waals surface area contributed by atoms with Crippen LogP contribution in [0.3, 0.4) is 0 Å². The van der Waals surface area contributed by atoms with Crippen LogP contribution in [0.25, 0.3) is 16.0 Å². The molecule has 5 rings (SSSR count). The number of Topliss-reactive ketones (excluding diaryl/α,β-unsaturated/α-hetero) is 1. The van der Waals surface area contributed by atoms with Crippen LogP contribution in [0.15, 0.2) is 66.2 Å². The molecule has 1 aromatic heterocycles. The normalized spacial score (nSPS) is 16.8. The van der Waals surface area contributed by atoms with E-state index in [4.69, 9.17) is 9.72 Å². The van der Waals surface area contributed by atoms with E-state index in [2.05, 4.69) is 6.92 Å². The number of amides is 1. The summed E-state index contributed by atoms with van der Waals surface area (Å²) in [5.74, 6) is -0.919. The molecule has 1 fully saturated rings. The van der Waals surface area contributed by atoms with Gasteiger partial charge < -0.3 is 9.84 Å². The zero-order chi connectivity index (χ0) is 27.7. The minimum Gasteiger partial charge on any atom is -0.507 e. The highest BCUT2D eigenvalue weighted by Crippen LogP contribution is 2.45. The third-order valence-corrected chi connectivity index (χ3v) is 8.01. The Kier molecular flexibility index (Phi) is 7.53. The van der Waals surface area contributed by atoms with E-state index in [1.54, 1.807) is 12.1 Å². The predicted octanol–water partition coefficient (Wildman–Crippen LogP) is 7.42. The number of aryl methyl sites for hydroxylation is 3. The van der Waals surface area contributed by atoms with E-state index in [0.717, 1.165) is 51.9 Å². The van der Waals surface area contributed by atoms with Gasteiger partial charge in [-0.05, 0) is 62.1 Å². The number of nitrogens with zero attached hydrogens (tertiary/aromatic N) is 2. The lowest BCUT2D eigenvalue weighted by molar-refractivity contribution is -0.132. The Morgan fingerprint density at radius 2 is 1.69 bits per heavy atom. The summed E-state index contributed by atoms with van der Waals surface area (Å²) in [6, 6.07) is 17.9. The molecule has 0 aliphatic carbocycles. The first-order valence-electron chi connectivity index (χ1n) is 13.3. The predicted molar refractivity (Wildman–Crippen MR) is 157 cm³/mol. The van der Waals surface area contributed by atoms with Crippen LogP contribution in [-0.4, -0.2) is 28.4 Å². The van der Waals surface area contributed by atoms with Crippen LogP contribution in [-0.2, 0) is 9.59 Å². The fourth-order valence-corrected chi connectivity index (χ4v) is 6.13. The van der Waals surface area contributed by atoms with Crippen molar-refractivity contribution in [1.82, 2.24) is 4.98 Å². The van der Waals surface area contributed by atoms with Crippen molar-refractivity contribution in [2.45, 2.75) is 53.0 Å². The fraction of sp³-hybridized carbons (Fsp3) is 0.281. The quantitative estimate of drug-likeness (QED) is 0.109. The largest absolute Gasteiger partial charge is 0.507 e. The molecule has 0 radical (unpaired) electrons. The third kappa shape index (κ3) is 5.19. The highest BCUT2D eigenvalue weighted by molar-refractivity contribution is 7.22. The summed E-state index contributed by atoms with van der Waals surface area (Å²) in [4.78, 5) is 33.3. The molecule has 7 heteroatoms. The molecule has 0 saturated carbocycles. The summed E-state index contributed by atoms with van der Waals surface area (Å²) in [5.41, 5.74) is 5.15. The van der Waals surface area contributed by atoms with Crippen molar-refractivity contribution < 1.29 is 19.4 Å². The zero-order valence-electron chi connectivity index (χ0n) is 22.7. The number of ketones is 1. The van der Waals surface area contributed by atoms with Crippen LogP contribution in [0, 0.1) is 20.8 Å². The molecule has 200 valence electrons. The van der Waals surface area contributed by atoms with E-state index in [1.165, 1.54) is 16.2 Å². The lowest BCUT2D eigenvalue weighted by atomic mass is 9.95. The van der Waals surface area contributed by atoms with Gasteiger partial charge in [0.1, 0.15) is 11.5 Å². The molecule has 3 aromatic carbocycles. The molecule has 1 atom stereocenters. The number of benzene rings is 3. The van der Waals surface area contributed by atoms with E-state index in [-0.39, 0.29) is 11.3 Å². The Labute approximate surface area is 232 Å². The smallest absolute Gasteiger partial charge is 0.301 e. The van der Waals surface area contributed by atoms with Gasteiger partial charge in [0.15, 0.2) is 5.13 Å². The molecular weight excluding hydrogens is 508 g/mol. The first-order chi connectivity index (χ1) is 18.8. The molecule has 6 nitrogen and oxygen atoms in total. The van der Waals surface area contributed by atoms with E-state index >= 15 is 0 Å². The highest BCUT2D eigenvalue weighted by Gasteiger charge is 2.48. The van der Waals surface area contributed by atoms with Gasteiger partial charge in [0.2, 0.25) is 0 Å². The second-order valence-electron chi connectivity index (χ2n) is 10.1. The average Bonchev–Trinajstić information content (AvgIpc) is 3.45. The van der Waals surface area contributed by atoms with Crippen LogP contribution >= 0.6 is 11.3 Å². The number of ether oxygens (including phenoxy) is 1. The minimum atomic E-state index is -0.831. The van der Waals surface area contributed by atoms with Crippen molar-refractivity contribution in [3.05, 3.63) is 94.1 Å². The molecule has 4 aromatic rings. The lowest BCUT2D eigenvalue weighted by Crippen LogP contribution is -2.29. The summed E-state index contributed by atoms with van der Waals surface area (Å²) in [5, 5.41) is 11.8. The van der Waals surface area contributed by atoms with Crippen molar-refractivity contribution in [1.29, 1.82) is 0 Å². The standard InChI is InChI=1S/C32H32N2O4S/c1-5-6-7-16-38-24-14-12-22(13-15-24)28-26(29(35)23-10-8-19(2)9-11-23)30(36)31(37)34(28)32-33-27-21(4)17-20(3)18-25(27)39-32/h8-15,17-18,28,35H,5-7,16H2,1-4H3/b29-26+. The molecule has 1 aliphatic rings. The number of unbranched alkanes of at least 4 members (excludes halogenated alkanes) is 2. The molecule has 39 heavy (non-hydrogen) atoms. The Bertz CT molecular complexity index is 1570. The van der Waals surface area contributed by atoms with E-state index in [0.29, 0.717) is 22.9 Å². The van der Waals surface area contributed by atoms with Gasteiger partial charge in [-0.25, -0.2) is 4.98 Å². The maximum absolute atomic E-state index is 13.6. The Morgan fingerprint density at radius 3 is 2.38 bits per heavy atom. The van der Waals surface area contributed by atoms with Gasteiger partial charge in [0.25, 0.3) is 5.78 Å². The number of anilines is 1. The van der Waals surface area contributed by atoms with Gasteiger partial charge in [0.05, 0.1) is 28.4 Å². The summed E-state index contributed by atoms with van der Waals surface area (Å²) < 4.78 is 6.82. The second-order valence-corrected chi connectivity index (χ2v) is 11.1. The monoisotopic (exact) mass is 540 g/mol. The number of thiazole rings is 1. The first kappa shape index (κ1) is 26.6. The molecule has 2 heterocycles. The van der Waals surface area contributed by atoms with E-state index < -0.39 is 17.7 Å². The van der Waals surface area contributed by atoms with Crippen LogP contribution in [0.5, 0.6) is 5.75 Å². The number of rotatable bonds is 8. The molecule has 1 unspecified atom stereocenters. The SMILES string of the molecule is CCCCCOc1ccc(C2/C(=C(\O)c3ccc(C)cc3)C(=O)C(=O)N2c2nc3c(C)cc(C)cc3s2)cc1. The molecule has 1 amide bonds. The first-order valence-corrected chi connectivity index (χ1v) is 14.1. The summed E-state index contributed by atoms with van der Waals surface area (Å²) in [7, 11) is 0. The molecular formula is C32H32N2O4S. The number of aliphatic hydroxyl groups excluding tert-OH is 1. The molecule has 0 spiro atoms. The minimum absolute atomic E-state index is 0.0487. The number of carbonyl (C=O) groups is 2. The van der Waals surface area contributed by atoms with Gasteiger partial charge in [-0.1, -0.05) is 79.1 Å². The number of aromatic nitrogens is 1. The number of hydrogen-bond acceptors (Lipinski definition) is 6. The van der Waals surface area contributed by atoms with Gasteiger partial charge in [-0.15, -0.1) is 0 Å². The second kappa shape index (κ2) is 11.0. The van der Waals surface area contributed by atoms with Gasteiger partial charge in [-0.2, -0.15) is 0 Å². The van der Waals surface area contributed by atoms with Crippen molar-refractivity contribution in [2.75, 3.05) is 11.5 Å². The van der Waals surface area contributed by atoms with Crippen LogP contribution in [0.1, 0.15) is 60.0 Å². The van der Waals surface area contributed by atoms with Crippen LogP contribution < -0.4 is 9.64 Å². The molecule has 1 saturated heterocycles. The van der Waals surface area contributed by atoms with Crippen molar-refractivity contribution in [2.24, 2.45) is 0 Å². The van der Waals surface area contributed by atoms with Crippen LogP contribution in [0.2, 0.25) is 0 Å². The maximum atomic E-state index is 13.6. The Morgan fingerprint density at radius 1 is 0.974 bits per heavy atom. The topological polar surface area (TPSA) is 79.7 Å². The molecule has 0 bridgehead atoms. The van der Waals surface area contributed by atoms with E-state index in [9.17, 15) is 14.7 Å². The van der Waals surface area contributed by atoms with Crippen LogP contribution in [0.4, 0.5) is 5.13 Å². The van der Waals surface area contributed by atoms with Crippen molar-refractivity contribution >= 4 is 44.1 Å². The van der Waals surface area contributed by atoms with Gasteiger partial charge in [0, 0.05) is 5.56 Å². The number of fused-ring (bicyclic) bond motifs is 1. The highest BCUT2D eigenvalue weighted by atomic mass is 32.1. The summed E-state index contributed by atoms with van der Waals surface area (Å²) >= 11 is 1.37. The average molecular weight is 541 g/mol. The summed E-state index contributed by atoms with van der Waals surface area (Å²) in [6.45, 7) is 8.73. The number of carbonyl (C=O) groups excluding carboxylic acids is 2. The van der Waals surface area contributed by atoms with Gasteiger partial charge in [-0.3, -0.25) is 14.5 Å². The number of hydrogen-bond donors (Lipinski definition) is 1. The third-order valence-electron chi connectivity index (χ3n) is 7.01. The number of aliphatic hydroxyl groups is 1. The van der Waals surface area contributed by atoms with Crippen molar-refractivity contribution in [3.63, 3.8) is 0 Å².